The minimum atomic E-state index is -0.763. The average molecular weight is 303 g/mol. The quantitative estimate of drug-likeness (QED) is 0.843. The summed E-state index contributed by atoms with van der Waals surface area (Å²) in [6.07, 6.45) is 1.94. The third-order valence-corrected chi connectivity index (χ3v) is 3.04. The van der Waals surface area contributed by atoms with E-state index in [1.54, 1.807) is 32.9 Å². The van der Waals surface area contributed by atoms with Gasteiger partial charge in [-0.05, 0) is 32.9 Å². The van der Waals surface area contributed by atoms with E-state index in [4.69, 9.17) is 9.47 Å². The number of rotatable bonds is 5. The Labute approximate surface area is 128 Å². The van der Waals surface area contributed by atoms with Gasteiger partial charge in [0.15, 0.2) is 11.9 Å². The zero-order valence-corrected chi connectivity index (χ0v) is 12.6. The van der Waals surface area contributed by atoms with Crippen molar-refractivity contribution in [2.45, 2.75) is 26.9 Å². The molecule has 0 aliphatic heterocycles. The highest BCUT2D eigenvalue weighted by Gasteiger charge is 2.19. The van der Waals surface area contributed by atoms with Gasteiger partial charge in [-0.1, -0.05) is 0 Å². The minimum absolute atomic E-state index is 0.000223. The largest absolute Gasteiger partial charge is 0.507 e. The number of aromatic nitrogens is 3. The third kappa shape index (κ3) is 3.30. The molecule has 1 heterocycles. The molecule has 22 heavy (non-hydrogen) atoms. The molecule has 7 nitrogen and oxygen atoms in total. The van der Waals surface area contributed by atoms with Crippen LogP contribution in [0.5, 0.6) is 11.5 Å². The number of hydrogen-bond donors (Lipinski definition) is 1. The van der Waals surface area contributed by atoms with E-state index in [-0.39, 0.29) is 12.4 Å². The molecule has 0 radical (unpaired) electrons. The lowest BCUT2D eigenvalue weighted by molar-refractivity contribution is -0.150. The van der Waals surface area contributed by atoms with Crippen molar-refractivity contribution >= 4 is 5.97 Å². The maximum atomic E-state index is 11.6. The first-order chi connectivity index (χ1) is 10.5. The maximum Gasteiger partial charge on any atom is 0.347 e. The maximum absolute atomic E-state index is 11.6. The highest BCUT2D eigenvalue weighted by atomic mass is 16.6. The normalized spacial score (nSPS) is 11.8. The Balaban J connectivity index is 2.26. The zero-order valence-electron chi connectivity index (χ0n) is 12.6. The number of benzene rings is 1. The number of hydrogen-bond acceptors (Lipinski definition) is 7. The second kappa shape index (κ2) is 6.84. The Morgan fingerprint density at radius 1 is 1.32 bits per heavy atom. The fourth-order valence-electron chi connectivity index (χ4n) is 1.87. The Kier molecular flexibility index (Phi) is 4.88. The van der Waals surface area contributed by atoms with Gasteiger partial charge < -0.3 is 14.6 Å². The molecule has 0 aliphatic carbocycles. The fourth-order valence-corrected chi connectivity index (χ4v) is 1.87. The molecule has 0 aliphatic rings. The van der Waals surface area contributed by atoms with Gasteiger partial charge in [0.25, 0.3) is 0 Å². The molecule has 0 amide bonds. The van der Waals surface area contributed by atoms with Crippen LogP contribution in [0.4, 0.5) is 0 Å². The third-order valence-electron chi connectivity index (χ3n) is 3.04. The molecule has 1 N–H and O–H groups in total. The Hall–Kier alpha value is -2.70. The van der Waals surface area contributed by atoms with Crippen molar-refractivity contribution in [2.75, 3.05) is 6.61 Å². The predicted octanol–water partition coefficient (Wildman–Crippen LogP) is 1.88. The summed E-state index contributed by atoms with van der Waals surface area (Å²) in [5.74, 6) is 0.305. The number of esters is 1. The van der Waals surface area contributed by atoms with Crippen molar-refractivity contribution in [3.05, 3.63) is 30.4 Å². The van der Waals surface area contributed by atoms with E-state index in [9.17, 15) is 9.90 Å². The van der Waals surface area contributed by atoms with E-state index < -0.39 is 12.1 Å². The first kappa shape index (κ1) is 15.7. The smallest absolute Gasteiger partial charge is 0.347 e. The monoisotopic (exact) mass is 303 g/mol. The van der Waals surface area contributed by atoms with Crippen LogP contribution in [0.1, 0.15) is 19.4 Å². The second-order valence-electron chi connectivity index (χ2n) is 4.56. The van der Waals surface area contributed by atoms with Crippen LogP contribution in [0.25, 0.3) is 11.4 Å². The standard InChI is InChI=1S/C15H17N3O4/c1-4-21-15(20)10(3)22-12-6-5-11(13(19)9(12)2)14-17-7-16-8-18-14/h5-8,10,19H,4H2,1-3H3. The van der Waals surface area contributed by atoms with Crippen LogP contribution >= 0.6 is 0 Å². The molecule has 7 heteroatoms. The van der Waals surface area contributed by atoms with Crippen LogP contribution in [0.3, 0.4) is 0 Å². The van der Waals surface area contributed by atoms with E-state index in [1.807, 2.05) is 0 Å². The molecule has 0 saturated heterocycles. The van der Waals surface area contributed by atoms with Gasteiger partial charge in [-0.2, -0.15) is 0 Å². The molecule has 0 bridgehead atoms. The summed E-state index contributed by atoms with van der Waals surface area (Å²) in [7, 11) is 0. The van der Waals surface area contributed by atoms with E-state index in [0.717, 1.165) is 0 Å². The zero-order chi connectivity index (χ0) is 16.1. The lowest BCUT2D eigenvalue weighted by Crippen LogP contribution is -2.26. The van der Waals surface area contributed by atoms with Crippen LogP contribution in [0.15, 0.2) is 24.8 Å². The highest BCUT2D eigenvalue weighted by Crippen LogP contribution is 2.35. The van der Waals surface area contributed by atoms with Crippen LogP contribution < -0.4 is 4.74 Å². The summed E-state index contributed by atoms with van der Waals surface area (Å²) in [5, 5.41) is 10.3. The summed E-state index contributed by atoms with van der Waals surface area (Å²) < 4.78 is 10.4. The van der Waals surface area contributed by atoms with Crippen LogP contribution in [0, 0.1) is 6.92 Å². The predicted molar refractivity (Wildman–Crippen MR) is 78.4 cm³/mol. The Morgan fingerprint density at radius 3 is 2.64 bits per heavy atom. The van der Waals surface area contributed by atoms with Gasteiger partial charge in [-0.15, -0.1) is 0 Å². The number of aromatic hydroxyl groups is 1. The first-order valence-electron chi connectivity index (χ1n) is 6.82. The number of nitrogens with zero attached hydrogens (tertiary/aromatic N) is 3. The van der Waals surface area contributed by atoms with E-state index in [0.29, 0.717) is 22.7 Å². The highest BCUT2D eigenvalue weighted by molar-refractivity contribution is 5.75. The van der Waals surface area contributed by atoms with Gasteiger partial charge in [0, 0.05) is 5.56 Å². The molecule has 1 unspecified atom stereocenters. The van der Waals surface area contributed by atoms with Crippen molar-refractivity contribution < 1.29 is 19.4 Å². The molecule has 0 fully saturated rings. The van der Waals surface area contributed by atoms with Gasteiger partial charge in [0.05, 0.1) is 12.2 Å². The van der Waals surface area contributed by atoms with Gasteiger partial charge in [-0.3, -0.25) is 0 Å². The molecular formula is C15H17N3O4. The topological polar surface area (TPSA) is 94.4 Å². The molecule has 1 atom stereocenters. The SMILES string of the molecule is CCOC(=O)C(C)Oc1ccc(-c2ncncn2)c(O)c1C. The van der Waals surface area contributed by atoms with E-state index in [2.05, 4.69) is 15.0 Å². The summed E-state index contributed by atoms with van der Waals surface area (Å²) >= 11 is 0. The molecule has 2 aromatic rings. The number of phenols is 1. The molecule has 1 aromatic carbocycles. The van der Waals surface area contributed by atoms with Crippen molar-refractivity contribution in [1.82, 2.24) is 15.0 Å². The van der Waals surface area contributed by atoms with Crippen molar-refractivity contribution in [3.8, 4) is 22.9 Å². The van der Waals surface area contributed by atoms with E-state index >= 15 is 0 Å². The van der Waals surface area contributed by atoms with Crippen LogP contribution in [-0.2, 0) is 9.53 Å². The van der Waals surface area contributed by atoms with Crippen molar-refractivity contribution in [3.63, 3.8) is 0 Å². The molecule has 0 saturated carbocycles. The summed E-state index contributed by atoms with van der Waals surface area (Å²) in [5.41, 5.74) is 0.963. The molecule has 0 spiro atoms. The van der Waals surface area contributed by atoms with Gasteiger partial charge in [0.2, 0.25) is 0 Å². The number of phenolic OH excluding ortho intramolecular Hbond substituents is 1. The molecule has 2 rings (SSSR count). The first-order valence-corrected chi connectivity index (χ1v) is 6.82. The van der Waals surface area contributed by atoms with Crippen molar-refractivity contribution in [2.24, 2.45) is 0 Å². The Morgan fingerprint density at radius 2 is 2.00 bits per heavy atom. The molecular weight excluding hydrogens is 286 g/mol. The van der Waals surface area contributed by atoms with Gasteiger partial charge in [0.1, 0.15) is 24.2 Å². The van der Waals surface area contributed by atoms with Gasteiger partial charge in [-0.25, -0.2) is 19.7 Å². The number of carbonyl (C=O) groups excluding carboxylic acids is 1. The average Bonchev–Trinajstić information content (AvgIpc) is 2.53. The lowest BCUT2D eigenvalue weighted by atomic mass is 10.1. The fraction of sp³-hybridized carbons (Fsp3) is 0.333. The minimum Gasteiger partial charge on any atom is -0.507 e. The molecule has 1 aromatic heterocycles. The summed E-state index contributed by atoms with van der Waals surface area (Å²) in [4.78, 5) is 23.3. The lowest BCUT2D eigenvalue weighted by Gasteiger charge is -2.16. The second-order valence-corrected chi connectivity index (χ2v) is 4.56. The number of ether oxygens (including phenoxy) is 2. The summed E-state index contributed by atoms with van der Waals surface area (Å²) in [6.45, 7) is 5.29. The Bertz CT molecular complexity index is 661. The summed E-state index contributed by atoms with van der Waals surface area (Å²) in [6, 6.07) is 3.29. The number of carbonyl (C=O) groups is 1. The van der Waals surface area contributed by atoms with Crippen LogP contribution in [-0.4, -0.2) is 38.7 Å². The van der Waals surface area contributed by atoms with E-state index in [1.165, 1.54) is 12.7 Å². The van der Waals surface area contributed by atoms with Crippen LogP contribution in [0.2, 0.25) is 0 Å². The van der Waals surface area contributed by atoms with Gasteiger partial charge >= 0.3 is 5.97 Å². The van der Waals surface area contributed by atoms with Crippen molar-refractivity contribution in [1.29, 1.82) is 0 Å². The molecule has 116 valence electrons.